The second kappa shape index (κ2) is 5.76. The van der Waals surface area contributed by atoms with Gasteiger partial charge < -0.3 is 5.32 Å². The Morgan fingerprint density at radius 2 is 1.48 bits per heavy atom. The number of carbonyl (C=O) groups is 1. The maximum atomic E-state index is 12.5. The summed E-state index contributed by atoms with van der Waals surface area (Å²) in [4.78, 5) is 12.2. The normalized spacial score (nSPS) is 11.4. The molecular weight excluding hydrogens is 303 g/mol. The van der Waals surface area contributed by atoms with Crippen molar-refractivity contribution in [2.24, 2.45) is 0 Å². The standard InChI is InChI=1S/C18H12F3NO/c19-18(20,21)14-10-8-13(9-11-14)17(23)22-16-7-3-5-12-4-1-2-6-15(12)16/h1-11H,(H,22,23). The molecule has 3 rings (SSSR count). The SMILES string of the molecule is O=C(Nc1cccc2ccccc12)c1ccc(C(F)(F)F)cc1. The predicted octanol–water partition coefficient (Wildman–Crippen LogP) is 5.11. The maximum absolute atomic E-state index is 12.5. The van der Waals surface area contributed by atoms with Crippen molar-refractivity contribution >= 4 is 22.4 Å². The molecule has 0 radical (unpaired) electrons. The Morgan fingerprint density at radius 3 is 2.17 bits per heavy atom. The molecule has 5 heteroatoms. The van der Waals surface area contributed by atoms with Crippen LogP contribution in [0.4, 0.5) is 18.9 Å². The first kappa shape index (κ1) is 15.1. The Hall–Kier alpha value is -2.82. The molecule has 0 spiro atoms. The Kier molecular flexibility index (Phi) is 3.78. The van der Waals surface area contributed by atoms with Crippen molar-refractivity contribution in [1.82, 2.24) is 0 Å². The van der Waals surface area contributed by atoms with Crippen LogP contribution in [0.5, 0.6) is 0 Å². The number of anilines is 1. The lowest BCUT2D eigenvalue weighted by atomic mass is 10.1. The minimum Gasteiger partial charge on any atom is -0.321 e. The Labute approximate surface area is 130 Å². The zero-order valence-corrected chi connectivity index (χ0v) is 11.9. The van der Waals surface area contributed by atoms with Crippen molar-refractivity contribution in [3.05, 3.63) is 77.9 Å². The number of rotatable bonds is 2. The number of hydrogen-bond donors (Lipinski definition) is 1. The molecule has 0 aliphatic heterocycles. The smallest absolute Gasteiger partial charge is 0.321 e. The van der Waals surface area contributed by atoms with Crippen molar-refractivity contribution in [3.63, 3.8) is 0 Å². The topological polar surface area (TPSA) is 29.1 Å². The van der Waals surface area contributed by atoms with Gasteiger partial charge in [0.1, 0.15) is 0 Å². The van der Waals surface area contributed by atoms with Gasteiger partial charge in [0.25, 0.3) is 5.91 Å². The van der Waals surface area contributed by atoms with Crippen LogP contribution >= 0.6 is 0 Å². The molecule has 3 aromatic carbocycles. The van der Waals surface area contributed by atoms with Crippen LogP contribution in [0.25, 0.3) is 10.8 Å². The van der Waals surface area contributed by atoms with Crippen LogP contribution in [-0.4, -0.2) is 5.91 Å². The van der Waals surface area contributed by atoms with Crippen molar-refractivity contribution in [1.29, 1.82) is 0 Å². The molecule has 0 atom stereocenters. The van der Waals surface area contributed by atoms with Gasteiger partial charge in [-0.05, 0) is 35.7 Å². The maximum Gasteiger partial charge on any atom is 0.416 e. The van der Waals surface area contributed by atoms with Crippen molar-refractivity contribution in [2.45, 2.75) is 6.18 Å². The molecule has 3 aromatic rings. The quantitative estimate of drug-likeness (QED) is 0.699. The predicted molar refractivity (Wildman–Crippen MR) is 83.3 cm³/mol. The van der Waals surface area contributed by atoms with E-state index in [9.17, 15) is 18.0 Å². The van der Waals surface area contributed by atoms with Gasteiger partial charge in [0.05, 0.1) is 5.56 Å². The average Bonchev–Trinajstić information content (AvgIpc) is 2.54. The zero-order valence-electron chi connectivity index (χ0n) is 11.9. The van der Waals surface area contributed by atoms with E-state index < -0.39 is 17.6 Å². The lowest BCUT2D eigenvalue weighted by molar-refractivity contribution is -0.137. The summed E-state index contributed by atoms with van der Waals surface area (Å²) in [6.07, 6.45) is -4.41. The third-order valence-electron chi connectivity index (χ3n) is 3.51. The third-order valence-corrected chi connectivity index (χ3v) is 3.51. The molecule has 1 N–H and O–H groups in total. The number of amides is 1. The first-order chi connectivity index (χ1) is 10.9. The highest BCUT2D eigenvalue weighted by molar-refractivity contribution is 6.09. The molecule has 0 aliphatic rings. The van der Waals surface area contributed by atoms with Crippen molar-refractivity contribution in [2.75, 3.05) is 5.32 Å². The molecule has 0 aliphatic carbocycles. The Morgan fingerprint density at radius 1 is 0.826 bits per heavy atom. The van der Waals surface area contributed by atoms with E-state index in [1.165, 1.54) is 12.1 Å². The van der Waals surface area contributed by atoms with Crippen LogP contribution in [0.1, 0.15) is 15.9 Å². The molecule has 0 heterocycles. The molecule has 23 heavy (non-hydrogen) atoms. The number of carbonyl (C=O) groups excluding carboxylic acids is 1. The summed E-state index contributed by atoms with van der Waals surface area (Å²) in [5.74, 6) is -0.449. The second-order valence-electron chi connectivity index (χ2n) is 5.06. The summed E-state index contributed by atoms with van der Waals surface area (Å²) in [7, 11) is 0. The molecule has 0 aromatic heterocycles. The number of halogens is 3. The van der Waals surface area contributed by atoms with E-state index in [1.807, 2.05) is 36.4 Å². The number of hydrogen-bond acceptors (Lipinski definition) is 1. The largest absolute Gasteiger partial charge is 0.416 e. The fourth-order valence-corrected chi connectivity index (χ4v) is 2.34. The second-order valence-corrected chi connectivity index (χ2v) is 5.06. The summed E-state index contributed by atoms with van der Waals surface area (Å²) >= 11 is 0. The highest BCUT2D eigenvalue weighted by Gasteiger charge is 2.30. The molecule has 0 saturated heterocycles. The van der Waals surface area contributed by atoms with Crippen LogP contribution in [0.2, 0.25) is 0 Å². The lowest BCUT2D eigenvalue weighted by Gasteiger charge is -2.10. The summed E-state index contributed by atoms with van der Waals surface area (Å²) in [5.41, 5.74) is 0.0122. The van der Waals surface area contributed by atoms with Crippen LogP contribution in [0.3, 0.4) is 0 Å². The Bertz CT molecular complexity index is 849. The molecule has 0 saturated carbocycles. The summed E-state index contributed by atoms with van der Waals surface area (Å²) in [6.45, 7) is 0. The van der Waals surface area contributed by atoms with Crippen LogP contribution < -0.4 is 5.32 Å². The Balaban J connectivity index is 1.86. The van der Waals surface area contributed by atoms with Gasteiger partial charge in [-0.1, -0.05) is 36.4 Å². The van der Waals surface area contributed by atoms with Crippen molar-refractivity contribution < 1.29 is 18.0 Å². The number of fused-ring (bicyclic) bond motifs is 1. The summed E-state index contributed by atoms with van der Waals surface area (Å²) in [5, 5.41) is 4.58. The third kappa shape index (κ3) is 3.18. The summed E-state index contributed by atoms with van der Waals surface area (Å²) < 4.78 is 37.6. The average molecular weight is 315 g/mol. The minimum atomic E-state index is -4.41. The minimum absolute atomic E-state index is 0.172. The van der Waals surface area contributed by atoms with Gasteiger partial charge in [0, 0.05) is 16.6 Å². The monoisotopic (exact) mass is 315 g/mol. The highest BCUT2D eigenvalue weighted by Crippen LogP contribution is 2.29. The van der Waals surface area contributed by atoms with Gasteiger partial charge in [-0.3, -0.25) is 4.79 Å². The van der Waals surface area contributed by atoms with Gasteiger partial charge in [-0.2, -0.15) is 13.2 Å². The van der Waals surface area contributed by atoms with Crippen LogP contribution in [0.15, 0.2) is 66.7 Å². The van der Waals surface area contributed by atoms with Gasteiger partial charge in [0.15, 0.2) is 0 Å². The number of benzene rings is 3. The van der Waals surface area contributed by atoms with E-state index in [2.05, 4.69) is 5.32 Å². The van der Waals surface area contributed by atoms with E-state index >= 15 is 0 Å². The van der Waals surface area contributed by atoms with E-state index in [0.29, 0.717) is 5.69 Å². The van der Waals surface area contributed by atoms with Gasteiger partial charge in [0.2, 0.25) is 0 Å². The molecule has 116 valence electrons. The summed E-state index contributed by atoms with van der Waals surface area (Å²) in [6, 6.07) is 17.2. The molecule has 0 unspecified atom stereocenters. The molecule has 1 amide bonds. The molecule has 0 fully saturated rings. The van der Waals surface area contributed by atoms with Gasteiger partial charge >= 0.3 is 6.18 Å². The fraction of sp³-hybridized carbons (Fsp3) is 0.0556. The van der Waals surface area contributed by atoms with E-state index in [0.717, 1.165) is 22.9 Å². The van der Waals surface area contributed by atoms with Gasteiger partial charge in [-0.25, -0.2) is 0 Å². The van der Waals surface area contributed by atoms with E-state index in [4.69, 9.17) is 0 Å². The molecule has 2 nitrogen and oxygen atoms in total. The number of alkyl halides is 3. The van der Waals surface area contributed by atoms with E-state index in [-0.39, 0.29) is 5.56 Å². The zero-order chi connectivity index (χ0) is 16.4. The van der Waals surface area contributed by atoms with Gasteiger partial charge in [-0.15, -0.1) is 0 Å². The molecular formula is C18H12F3NO. The highest BCUT2D eigenvalue weighted by atomic mass is 19.4. The molecule has 0 bridgehead atoms. The van der Waals surface area contributed by atoms with Crippen LogP contribution in [-0.2, 0) is 6.18 Å². The lowest BCUT2D eigenvalue weighted by Crippen LogP contribution is -2.13. The van der Waals surface area contributed by atoms with E-state index in [1.54, 1.807) is 6.07 Å². The fourth-order valence-electron chi connectivity index (χ4n) is 2.34. The van der Waals surface area contributed by atoms with Crippen molar-refractivity contribution in [3.8, 4) is 0 Å². The first-order valence-corrected chi connectivity index (χ1v) is 6.91. The first-order valence-electron chi connectivity index (χ1n) is 6.91. The number of nitrogens with one attached hydrogen (secondary N) is 1. The van der Waals surface area contributed by atoms with Crippen LogP contribution in [0, 0.1) is 0 Å².